The van der Waals surface area contributed by atoms with Gasteiger partial charge in [0, 0.05) is 13.0 Å². The first kappa shape index (κ1) is 14.0. The van der Waals surface area contributed by atoms with Crippen LogP contribution in [0.25, 0.3) is 0 Å². The Morgan fingerprint density at radius 1 is 1.35 bits per heavy atom. The van der Waals surface area contributed by atoms with Gasteiger partial charge in [0.25, 0.3) is 0 Å². The van der Waals surface area contributed by atoms with Crippen molar-refractivity contribution in [1.82, 2.24) is 10.6 Å². The molecule has 0 saturated carbocycles. The van der Waals surface area contributed by atoms with Gasteiger partial charge in [-0.2, -0.15) is 0 Å². The Hall–Kier alpha value is -2.37. The molecule has 1 aliphatic heterocycles. The molecule has 3 N–H and O–H groups in total. The van der Waals surface area contributed by atoms with Crippen molar-refractivity contribution in [3.63, 3.8) is 0 Å². The zero-order valence-electron chi connectivity index (χ0n) is 10.8. The molecule has 1 aliphatic rings. The zero-order chi connectivity index (χ0) is 14.5. The van der Waals surface area contributed by atoms with Gasteiger partial charge in [0.2, 0.25) is 11.8 Å². The molecule has 0 aliphatic carbocycles. The first-order valence-corrected chi connectivity index (χ1v) is 6.42. The average Bonchev–Trinajstić information content (AvgIpc) is 2.86. The highest BCUT2D eigenvalue weighted by molar-refractivity contribution is 5.91. The van der Waals surface area contributed by atoms with Gasteiger partial charge in [-0.1, -0.05) is 30.3 Å². The summed E-state index contributed by atoms with van der Waals surface area (Å²) in [4.78, 5) is 34.1. The van der Waals surface area contributed by atoms with Gasteiger partial charge in [0.1, 0.15) is 6.04 Å². The molecule has 6 nitrogen and oxygen atoms in total. The molecule has 6 heteroatoms. The van der Waals surface area contributed by atoms with Crippen LogP contribution in [0.3, 0.4) is 0 Å². The summed E-state index contributed by atoms with van der Waals surface area (Å²) in [5.41, 5.74) is 0.635. The first-order valence-electron chi connectivity index (χ1n) is 6.42. The molecule has 20 heavy (non-hydrogen) atoms. The fraction of sp³-hybridized carbons (Fsp3) is 0.357. The quantitative estimate of drug-likeness (QED) is 0.718. The van der Waals surface area contributed by atoms with Gasteiger partial charge >= 0.3 is 5.97 Å². The highest BCUT2D eigenvalue weighted by Crippen LogP contribution is 2.15. The van der Waals surface area contributed by atoms with Gasteiger partial charge in [-0.25, -0.2) is 0 Å². The lowest BCUT2D eigenvalue weighted by Crippen LogP contribution is -2.43. The van der Waals surface area contributed by atoms with Crippen molar-refractivity contribution >= 4 is 17.8 Å². The molecule has 1 saturated heterocycles. The minimum absolute atomic E-state index is 0.00451. The van der Waals surface area contributed by atoms with Crippen molar-refractivity contribution in [3.8, 4) is 0 Å². The first-order chi connectivity index (χ1) is 9.58. The van der Waals surface area contributed by atoms with Crippen LogP contribution in [0.4, 0.5) is 0 Å². The van der Waals surface area contributed by atoms with E-state index in [-0.39, 0.29) is 18.4 Å². The zero-order valence-corrected chi connectivity index (χ0v) is 10.8. The van der Waals surface area contributed by atoms with Crippen LogP contribution in [0.2, 0.25) is 0 Å². The van der Waals surface area contributed by atoms with Crippen LogP contribution in [-0.2, 0) is 14.4 Å². The van der Waals surface area contributed by atoms with Gasteiger partial charge in [0.05, 0.1) is 5.92 Å². The number of carbonyl (C=O) groups is 3. The van der Waals surface area contributed by atoms with E-state index in [9.17, 15) is 19.5 Å². The van der Waals surface area contributed by atoms with E-state index in [1.165, 1.54) is 0 Å². The second-order valence-corrected chi connectivity index (χ2v) is 4.71. The third-order valence-corrected chi connectivity index (χ3v) is 3.29. The number of amides is 2. The third-order valence-electron chi connectivity index (χ3n) is 3.29. The molecule has 1 aromatic carbocycles. The molecule has 1 aromatic rings. The second kappa shape index (κ2) is 6.18. The summed E-state index contributed by atoms with van der Waals surface area (Å²) in [5.74, 6) is -2.27. The maximum absolute atomic E-state index is 11.8. The fourth-order valence-corrected chi connectivity index (χ4v) is 2.17. The van der Waals surface area contributed by atoms with Crippen molar-refractivity contribution in [2.45, 2.75) is 24.8 Å². The molecule has 2 unspecified atom stereocenters. The van der Waals surface area contributed by atoms with E-state index < -0.39 is 17.9 Å². The highest BCUT2D eigenvalue weighted by atomic mass is 16.4. The fourth-order valence-electron chi connectivity index (χ4n) is 2.17. The van der Waals surface area contributed by atoms with Crippen molar-refractivity contribution in [2.75, 3.05) is 6.54 Å². The third kappa shape index (κ3) is 3.34. The molecule has 106 valence electrons. The SMILES string of the molecule is O=C1CCC(C(=O)NCC(C(=O)O)c2ccccc2)N1. The van der Waals surface area contributed by atoms with Gasteiger partial charge in [-0.3, -0.25) is 14.4 Å². The van der Waals surface area contributed by atoms with Crippen LogP contribution in [0.1, 0.15) is 24.3 Å². The van der Waals surface area contributed by atoms with Crippen molar-refractivity contribution in [1.29, 1.82) is 0 Å². The van der Waals surface area contributed by atoms with Crippen molar-refractivity contribution < 1.29 is 19.5 Å². The van der Waals surface area contributed by atoms with E-state index in [0.29, 0.717) is 18.4 Å². The summed E-state index contributed by atoms with van der Waals surface area (Å²) in [6, 6.07) is 8.18. The van der Waals surface area contributed by atoms with Crippen LogP contribution in [0, 0.1) is 0 Å². The Morgan fingerprint density at radius 2 is 2.05 bits per heavy atom. The summed E-state index contributed by atoms with van der Waals surface area (Å²) in [5, 5.41) is 14.4. The molecule has 0 bridgehead atoms. The number of carbonyl (C=O) groups excluding carboxylic acids is 2. The minimum Gasteiger partial charge on any atom is -0.481 e. The van der Waals surface area contributed by atoms with E-state index in [2.05, 4.69) is 10.6 Å². The topological polar surface area (TPSA) is 95.5 Å². The summed E-state index contributed by atoms with van der Waals surface area (Å²) >= 11 is 0. The number of hydrogen-bond donors (Lipinski definition) is 3. The van der Waals surface area contributed by atoms with Gasteiger partial charge in [0.15, 0.2) is 0 Å². The Labute approximate surface area is 116 Å². The molecule has 0 spiro atoms. The van der Waals surface area contributed by atoms with E-state index >= 15 is 0 Å². The molecule has 1 fully saturated rings. The molecule has 2 amide bonds. The standard InChI is InChI=1S/C14H16N2O4/c17-12-7-6-11(16-12)13(18)15-8-10(14(19)20)9-4-2-1-3-5-9/h1-5,10-11H,6-8H2,(H,15,18)(H,16,17)(H,19,20). The summed E-state index contributed by atoms with van der Waals surface area (Å²) in [6.45, 7) is 0.00451. The van der Waals surface area contributed by atoms with Crippen LogP contribution < -0.4 is 10.6 Å². The number of carboxylic acid groups (broad SMARTS) is 1. The largest absolute Gasteiger partial charge is 0.481 e. The van der Waals surface area contributed by atoms with Crippen LogP contribution >= 0.6 is 0 Å². The van der Waals surface area contributed by atoms with Gasteiger partial charge in [-0.15, -0.1) is 0 Å². The number of nitrogens with one attached hydrogen (secondary N) is 2. The lowest BCUT2D eigenvalue weighted by atomic mass is 9.99. The second-order valence-electron chi connectivity index (χ2n) is 4.71. The predicted octanol–water partition coefficient (Wildman–Crippen LogP) is 0.250. The molecule has 2 atom stereocenters. The molecule has 0 aromatic heterocycles. The van der Waals surface area contributed by atoms with Crippen molar-refractivity contribution in [2.24, 2.45) is 0 Å². The lowest BCUT2D eigenvalue weighted by Gasteiger charge is -2.16. The predicted molar refractivity (Wildman–Crippen MR) is 71.0 cm³/mol. The Balaban J connectivity index is 1.95. The monoisotopic (exact) mass is 276 g/mol. The Morgan fingerprint density at radius 3 is 2.60 bits per heavy atom. The minimum atomic E-state index is -0.994. The molecular formula is C14H16N2O4. The summed E-state index contributed by atoms with van der Waals surface area (Å²) in [7, 11) is 0. The maximum atomic E-state index is 11.8. The molecule has 0 radical (unpaired) electrons. The van der Waals surface area contributed by atoms with Crippen LogP contribution in [0.5, 0.6) is 0 Å². The Bertz CT molecular complexity index is 515. The van der Waals surface area contributed by atoms with Gasteiger partial charge < -0.3 is 15.7 Å². The lowest BCUT2D eigenvalue weighted by molar-refractivity contribution is -0.138. The molecular weight excluding hydrogens is 260 g/mol. The van der Waals surface area contributed by atoms with E-state index in [1.807, 2.05) is 0 Å². The van der Waals surface area contributed by atoms with Gasteiger partial charge in [-0.05, 0) is 12.0 Å². The maximum Gasteiger partial charge on any atom is 0.312 e. The number of aliphatic carboxylic acids is 1. The Kier molecular flexibility index (Phi) is 4.34. The number of carboxylic acids is 1. The smallest absolute Gasteiger partial charge is 0.312 e. The average molecular weight is 276 g/mol. The van der Waals surface area contributed by atoms with Crippen LogP contribution in [0.15, 0.2) is 30.3 Å². The summed E-state index contributed by atoms with van der Waals surface area (Å²) in [6.07, 6.45) is 0.785. The van der Waals surface area contributed by atoms with E-state index in [0.717, 1.165) is 0 Å². The highest BCUT2D eigenvalue weighted by Gasteiger charge is 2.28. The number of rotatable bonds is 5. The molecule has 1 heterocycles. The van der Waals surface area contributed by atoms with E-state index in [1.54, 1.807) is 30.3 Å². The number of hydrogen-bond acceptors (Lipinski definition) is 3. The van der Waals surface area contributed by atoms with Crippen molar-refractivity contribution in [3.05, 3.63) is 35.9 Å². The van der Waals surface area contributed by atoms with E-state index in [4.69, 9.17) is 0 Å². The van der Waals surface area contributed by atoms with Crippen LogP contribution in [-0.4, -0.2) is 35.5 Å². The molecule has 2 rings (SSSR count). The summed E-state index contributed by atoms with van der Waals surface area (Å²) < 4.78 is 0. The number of benzene rings is 1. The normalized spacial score (nSPS) is 19.2.